The number of aromatic nitrogens is 2. The summed E-state index contributed by atoms with van der Waals surface area (Å²) in [6, 6.07) is 5.59. The Kier molecular flexibility index (Phi) is 4.65. The molecule has 0 N–H and O–H groups in total. The van der Waals surface area contributed by atoms with E-state index in [0.29, 0.717) is 23.9 Å². The van der Waals surface area contributed by atoms with Crippen molar-refractivity contribution < 1.29 is 9.53 Å². The largest absolute Gasteiger partial charge is 0.465 e. The number of esters is 1. The van der Waals surface area contributed by atoms with Gasteiger partial charge in [0.2, 0.25) is 0 Å². The number of halogens is 1. The summed E-state index contributed by atoms with van der Waals surface area (Å²) in [5.74, 6) is 0.158. The molecule has 4 nitrogen and oxygen atoms in total. The minimum Gasteiger partial charge on any atom is -0.465 e. The van der Waals surface area contributed by atoms with E-state index in [4.69, 9.17) is 16.3 Å². The minimum atomic E-state index is -0.339. The Morgan fingerprint density at radius 1 is 1.45 bits per heavy atom. The van der Waals surface area contributed by atoms with Crippen LogP contribution in [0.5, 0.6) is 0 Å². The molecule has 0 aliphatic rings. The number of aryl methyl sites for hydroxylation is 1. The van der Waals surface area contributed by atoms with Crippen molar-refractivity contribution in [3.63, 3.8) is 0 Å². The molecule has 0 aliphatic heterocycles. The highest BCUT2D eigenvalue weighted by atomic mass is 35.5. The summed E-state index contributed by atoms with van der Waals surface area (Å²) in [6.07, 6.45) is 1.61. The standard InChI is InChI=1S/C15H19ClN2O2/c1-4-7-10(15(19)20-5-2)14-17-12-9-6-8-11(16)13(12)18(14)3/h6,8-10H,4-5,7H2,1-3H3. The van der Waals surface area contributed by atoms with E-state index in [-0.39, 0.29) is 11.9 Å². The fraction of sp³-hybridized carbons (Fsp3) is 0.467. The van der Waals surface area contributed by atoms with Gasteiger partial charge in [0.15, 0.2) is 0 Å². The van der Waals surface area contributed by atoms with Crippen LogP contribution < -0.4 is 0 Å². The molecule has 0 radical (unpaired) electrons. The first-order valence-corrected chi connectivity index (χ1v) is 7.25. The van der Waals surface area contributed by atoms with Crippen molar-refractivity contribution in [1.82, 2.24) is 9.55 Å². The number of hydrogen-bond donors (Lipinski definition) is 0. The number of carbonyl (C=O) groups excluding carboxylic acids is 1. The van der Waals surface area contributed by atoms with Crippen LogP contribution >= 0.6 is 11.6 Å². The molecule has 1 unspecified atom stereocenters. The van der Waals surface area contributed by atoms with E-state index < -0.39 is 0 Å². The van der Waals surface area contributed by atoms with Crippen molar-refractivity contribution in [2.75, 3.05) is 6.61 Å². The molecule has 0 fully saturated rings. The van der Waals surface area contributed by atoms with E-state index in [1.165, 1.54) is 0 Å². The third kappa shape index (κ3) is 2.66. The Balaban J connectivity index is 2.51. The van der Waals surface area contributed by atoms with Gasteiger partial charge in [0, 0.05) is 7.05 Å². The first-order valence-electron chi connectivity index (χ1n) is 6.87. The summed E-state index contributed by atoms with van der Waals surface area (Å²) >= 11 is 6.22. The smallest absolute Gasteiger partial charge is 0.316 e. The zero-order valence-electron chi connectivity index (χ0n) is 12.0. The van der Waals surface area contributed by atoms with Crippen molar-refractivity contribution in [3.05, 3.63) is 29.0 Å². The first kappa shape index (κ1) is 14.9. The second-order valence-electron chi connectivity index (χ2n) is 4.73. The van der Waals surface area contributed by atoms with Crippen molar-refractivity contribution in [2.45, 2.75) is 32.6 Å². The van der Waals surface area contributed by atoms with Crippen LogP contribution in [0.3, 0.4) is 0 Å². The van der Waals surface area contributed by atoms with Crippen LogP contribution in [-0.2, 0) is 16.6 Å². The van der Waals surface area contributed by atoms with E-state index in [0.717, 1.165) is 17.5 Å². The molecule has 1 atom stereocenters. The molecule has 20 heavy (non-hydrogen) atoms. The SMILES string of the molecule is CCCC(C(=O)OCC)c1nc2cccc(Cl)c2n1C. The summed E-state index contributed by atoms with van der Waals surface area (Å²) < 4.78 is 7.06. The predicted octanol–water partition coefficient (Wildman–Crippen LogP) is 3.67. The third-order valence-corrected chi connectivity index (χ3v) is 3.64. The average molecular weight is 295 g/mol. The first-order chi connectivity index (χ1) is 9.60. The lowest BCUT2D eigenvalue weighted by molar-refractivity contribution is -0.145. The molecule has 5 heteroatoms. The zero-order valence-corrected chi connectivity index (χ0v) is 12.8. The third-order valence-electron chi connectivity index (χ3n) is 3.34. The van der Waals surface area contributed by atoms with E-state index in [9.17, 15) is 4.79 Å². The molecule has 1 aromatic heterocycles. The van der Waals surface area contributed by atoms with Crippen LogP contribution in [0.15, 0.2) is 18.2 Å². The molecule has 0 bridgehead atoms. The fourth-order valence-corrected chi connectivity index (χ4v) is 2.73. The lowest BCUT2D eigenvalue weighted by Gasteiger charge is -2.14. The number of para-hydroxylation sites is 1. The summed E-state index contributed by atoms with van der Waals surface area (Å²) in [4.78, 5) is 16.7. The second kappa shape index (κ2) is 6.27. The topological polar surface area (TPSA) is 44.1 Å². The molecule has 108 valence electrons. The number of hydrogen-bond acceptors (Lipinski definition) is 3. The molecule has 1 aromatic carbocycles. The molecule has 0 saturated heterocycles. The quantitative estimate of drug-likeness (QED) is 0.790. The Morgan fingerprint density at radius 2 is 2.20 bits per heavy atom. The van der Waals surface area contributed by atoms with Gasteiger partial charge in [-0.1, -0.05) is 31.0 Å². The summed E-state index contributed by atoms with van der Waals surface area (Å²) in [5, 5.41) is 0.642. The number of rotatable bonds is 5. The normalized spacial score (nSPS) is 12.6. The lowest BCUT2D eigenvalue weighted by atomic mass is 10.0. The number of benzene rings is 1. The van der Waals surface area contributed by atoms with Crippen molar-refractivity contribution in [3.8, 4) is 0 Å². The van der Waals surface area contributed by atoms with E-state index in [2.05, 4.69) is 4.98 Å². The van der Waals surface area contributed by atoms with Gasteiger partial charge in [0.05, 0.1) is 22.7 Å². The maximum atomic E-state index is 12.1. The van der Waals surface area contributed by atoms with Gasteiger partial charge in [-0.3, -0.25) is 4.79 Å². The molecule has 1 heterocycles. The highest BCUT2D eigenvalue weighted by molar-refractivity contribution is 6.35. The minimum absolute atomic E-state index is 0.219. The molecule has 0 saturated carbocycles. The van der Waals surface area contributed by atoms with Crippen LogP contribution in [-0.4, -0.2) is 22.1 Å². The molecule has 0 spiro atoms. The van der Waals surface area contributed by atoms with Crippen molar-refractivity contribution in [1.29, 1.82) is 0 Å². The molecular weight excluding hydrogens is 276 g/mol. The monoisotopic (exact) mass is 294 g/mol. The number of carbonyl (C=O) groups is 1. The maximum absolute atomic E-state index is 12.1. The highest BCUT2D eigenvalue weighted by Gasteiger charge is 2.26. The lowest BCUT2D eigenvalue weighted by Crippen LogP contribution is -2.19. The second-order valence-corrected chi connectivity index (χ2v) is 5.14. The molecular formula is C15H19ClN2O2. The Morgan fingerprint density at radius 3 is 2.80 bits per heavy atom. The molecule has 0 aliphatic carbocycles. The van der Waals surface area contributed by atoms with E-state index in [1.54, 1.807) is 0 Å². The van der Waals surface area contributed by atoms with Gasteiger partial charge in [-0.2, -0.15) is 0 Å². The Labute approximate surface area is 123 Å². The Bertz CT molecular complexity index is 622. The van der Waals surface area contributed by atoms with E-state index in [1.807, 2.05) is 43.7 Å². The summed E-state index contributed by atoms with van der Waals surface area (Å²) in [6.45, 7) is 4.23. The van der Waals surface area contributed by atoms with Crippen LogP contribution in [0.2, 0.25) is 5.02 Å². The summed E-state index contributed by atoms with van der Waals surface area (Å²) in [7, 11) is 1.89. The predicted molar refractivity (Wildman–Crippen MR) is 80.0 cm³/mol. The molecule has 2 aromatic rings. The van der Waals surface area contributed by atoms with Crippen molar-refractivity contribution >= 4 is 28.6 Å². The molecule has 2 rings (SSSR count). The number of ether oxygens (including phenoxy) is 1. The fourth-order valence-electron chi connectivity index (χ4n) is 2.43. The molecule has 0 amide bonds. The van der Waals surface area contributed by atoms with Crippen LogP contribution in [0.4, 0.5) is 0 Å². The van der Waals surface area contributed by atoms with Gasteiger partial charge in [0.1, 0.15) is 11.7 Å². The van der Waals surface area contributed by atoms with Crippen molar-refractivity contribution in [2.24, 2.45) is 7.05 Å². The van der Waals surface area contributed by atoms with Gasteiger partial charge < -0.3 is 9.30 Å². The van der Waals surface area contributed by atoms with Gasteiger partial charge in [0.25, 0.3) is 0 Å². The number of imidazole rings is 1. The zero-order chi connectivity index (χ0) is 14.7. The van der Waals surface area contributed by atoms with Gasteiger partial charge in [-0.15, -0.1) is 0 Å². The Hall–Kier alpha value is -1.55. The average Bonchev–Trinajstić information content (AvgIpc) is 2.75. The van der Waals surface area contributed by atoms with Crippen LogP contribution in [0, 0.1) is 0 Å². The summed E-state index contributed by atoms with van der Waals surface area (Å²) in [5.41, 5.74) is 1.66. The number of nitrogens with zero attached hydrogens (tertiary/aromatic N) is 2. The van der Waals surface area contributed by atoms with E-state index >= 15 is 0 Å². The maximum Gasteiger partial charge on any atom is 0.316 e. The van der Waals surface area contributed by atoms with Gasteiger partial charge >= 0.3 is 5.97 Å². The number of fused-ring (bicyclic) bond motifs is 1. The van der Waals surface area contributed by atoms with Crippen LogP contribution in [0.1, 0.15) is 38.4 Å². The van der Waals surface area contributed by atoms with Crippen LogP contribution in [0.25, 0.3) is 11.0 Å². The van der Waals surface area contributed by atoms with Gasteiger partial charge in [-0.25, -0.2) is 4.98 Å². The highest BCUT2D eigenvalue weighted by Crippen LogP contribution is 2.29. The van der Waals surface area contributed by atoms with Gasteiger partial charge in [-0.05, 0) is 25.5 Å².